The van der Waals surface area contributed by atoms with Crippen LogP contribution in [-0.4, -0.2) is 69.4 Å². The van der Waals surface area contributed by atoms with Gasteiger partial charge in [0.05, 0.1) is 23.8 Å². The average molecular weight is 563 g/mol. The first-order valence-electron chi connectivity index (χ1n) is 13.5. The minimum atomic E-state index is -4.01. The Labute approximate surface area is 235 Å². The quantitative estimate of drug-likeness (QED) is 0.440. The number of hydrogen-bond acceptors (Lipinski definition) is 6. The van der Waals surface area contributed by atoms with Crippen LogP contribution < -0.4 is 10.5 Å². The van der Waals surface area contributed by atoms with Gasteiger partial charge in [-0.25, -0.2) is 8.42 Å². The number of carbonyl (C=O) groups is 2. The second kappa shape index (κ2) is 11.7. The molecule has 5 rings (SSSR count). The molecule has 3 N–H and O–H groups in total. The molecule has 2 aliphatic heterocycles. The summed E-state index contributed by atoms with van der Waals surface area (Å²) in [6.45, 7) is 4.86. The minimum absolute atomic E-state index is 0.0209. The number of nitrogens with zero attached hydrogens (tertiary/aromatic N) is 2. The summed E-state index contributed by atoms with van der Waals surface area (Å²) in [5, 5.41) is 0. The van der Waals surface area contributed by atoms with Gasteiger partial charge in [-0.3, -0.25) is 14.3 Å². The average Bonchev–Trinajstić information content (AvgIpc) is 2.98. The zero-order chi connectivity index (χ0) is 28.3. The maximum Gasteiger partial charge on any atom is 0.261 e. The van der Waals surface area contributed by atoms with Gasteiger partial charge < -0.3 is 20.3 Å². The first-order valence-corrected chi connectivity index (χ1v) is 14.9. The summed E-state index contributed by atoms with van der Waals surface area (Å²) in [7, 11) is -4.01. The SMILES string of the molecule is Cc1ccc(C(=O)N2CCC(c3ccc(N)cc3)CC2)cc1NS(=O)(=O)c1cccc(C(=O)N2CCOCC2)c1. The third-order valence-corrected chi connectivity index (χ3v) is 8.97. The molecule has 0 spiro atoms. The van der Waals surface area contributed by atoms with E-state index in [1.165, 1.54) is 17.7 Å². The number of anilines is 2. The first kappa shape index (κ1) is 27.7. The van der Waals surface area contributed by atoms with Crippen LogP contribution in [0.25, 0.3) is 0 Å². The molecule has 9 nitrogen and oxygen atoms in total. The van der Waals surface area contributed by atoms with Gasteiger partial charge in [0.25, 0.3) is 21.8 Å². The van der Waals surface area contributed by atoms with Crippen LogP contribution in [0.5, 0.6) is 0 Å². The lowest BCUT2D eigenvalue weighted by molar-refractivity contribution is 0.0302. The summed E-state index contributed by atoms with van der Waals surface area (Å²) in [5.74, 6) is 0.00882. The molecule has 40 heavy (non-hydrogen) atoms. The van der Waals surface area contributed by atoms with Crippen molar-refractivity contribution in [2.24, 2.45) is 0 Å². The van der Waals surface area contributed by atoms with Crippen molar-refractivity contribution in [1.29, 1.82) is 0 Å². The summed E-state index contributed by atoms with van der Waals surface area (Å²) in [5.41, 5.74) is 9.50. The predicted octanol–water partition coefficient (Wildman–Crippen LogP) is 3.87. The lowest BCUT2D eigenvalue weighted by Crippen LogP contribution is -2.40. The number of rotatable bonds is 6. The Morgan fingerprint density at radius 1 is 0.850 bits per heavy atom. The molecule has 2 aliphatic rings. The molecule has 10 heteroatoms. The molecule has 0 aromatic heterocycles. The number of likely N-dealkylation sites (tertiary alicyclic amines) is 1. The van der Waals surface area contributed by atoms with Crippen LogP contribution in [0.4, 0.5) is 11.4 Å². The standard InChI is InChI=1S/C30H34N4O5S/c1-21-5-6-25(30(36)33-13-11-23(12-14-33)22-7-9-26(31)10-8-22)20-28(21)32-40(37,38)27-4-2-3-24(19-27)29(35)34-15-17-39-18-16-34/h2-10,19-20,23,32H,11-18,31H2,1H3. The lowest BCUT2D eigenvalue weighted by Gasteiger charge is -2.32. The van der Waals surface area contributed by atoms with Crippen molar-refractivity contribution in [2.45, 2.75) is 30.6 Å². The zero-order valence-electron chi connectivity index (χ0n) is 22.5. The van der Waals surface area contributed by atoms with Gasteiger partial charge in [-0.1, -0.05) is 24.3 Å². The number of nitrogens with two attached hydrogens (primary N) is 1. The fraction of sp³-hybridized carbons (Fsp3) is 0.333. The third kappa shape index (κ3) is 6.13. The Bertz CT molecular complexity index is 1490. The van der Waals surface area contributed by atoms with E-state index in [-0.39, 0.29) is 16.7 Å². The van der Waals surface area contributed by atoms with E-state index in [0.717, 1.165) is 18.5 Å². The Hall–Kier alpha value is -3.89. The first-order chi connectivity index (χ1) is 19.2. The van der Waals surface area contributed by atoms with E-state index in [2.05, 4.69) is 4.72 Å². The Morgan fingerprint density at radius 3 is 2.15 bits per heavy atom. The molecule has 2 amide bonds. The van der Waals surface area contributed by atoms with Crippen LogP contribution in [0.15, 0.2) is 71.6 Å². The number of aryl methyl sites for hydroxylation is 1. The molecular weight excluding hydrogens is 528 g/mol. The fourth-order valence-corrected chi connectivity index (χ4v) is 6.35. The van der Waals surface area contributed by atoms with Crippen molar-refractivity contribution >= 4 is 33.2 Å². The highest BCUT2D eigenvalue weighted by molar-refractivity contribution is 7.92. The number of benzene rings is 3. The second-order valence-electron chi connectivity index (χ2n) is 10.3. The Morgan fingerprint density at radius 2 is 1.48 bits per heavy atom. The Balaban J connectivity index is 1.28. The molecule has 2 heterocycles. The van der Waals surface area contributed by atoms with Crippen molar-refractivity contribution in [3.05, 3.63) is 89.0 Å². The summed E-state index contributed by atoms with van der Waals surface area (Å²) < 4.78 is 34.6. The van der Waals surface area contributed by atoms with Gasteiger partial charge in [0.1, 0.15) is 0 Å². The smallest absolute Gasteiger partial charge is 0.261 e. The van der Waals surface area contributed by atoms with E-state index in [1.807, 2.05) is 29.2 Å². The van der Waals surface area contributed by atoms with Gasteiger partial charge in [-0.2, -0.15) is 0 Å². The molecule has 0 aliphatic carbocycles. The second-order valence-corrected chi connectivity index (χ2v) is 12.0. The fourth-order valence-electron chi connectivity index (χ4n) is 5.18. The predicted molar refractivity (Wildman–Crippen MR) is 154 cm³/mol. The molecular formula is C30H34N4O5S. The van der Waals surface area contributed by atoms with Gasteiger partial charge >= 0.3 is 0 Å². The van der Waals surface area contributed by atoms with Crippen molar-refractivity contribution in [3.8, 4) is 0 Å². The number of piperidine rings is 1. The van der Waals surface area contributed by atoms with Gasteiger partial charge in [0.15, 0.2) is 0 Å². The molecule has 2 saturated heterocycles. The van der Waals surface area contributed by atoms with Gasteiger partial charge in [0, 0.05) is 43.0 Å². The van der Waals surface area contributed by atoms with Crippen molar-refractivity contribution in [2.75, 3.05) is 49.8 Å². The van der Waals surface area contributed by atoms with Gasteiger partial charge in [-0.05, 0) is 79.3 Å². The van der Waals surface area contributed by atoms with Crippen LogP contribution in [-0.2, 0) is 14.8 Å². The number of amides is 2. The highest BCUT2D eigenvalue weighted by Crippen LogP contribution is 2.30. The molecule has 3 aromatic carbocycles. The van der Waals surface area contributed by atoms with Gasteiger partial charge in [0.2, 0.25) is 0 Å². The highest BCUT2D eigenvalue weighted by atomic mass is 32.2. The monoisotopic (exact) mass is 562 g/mol. The number of carbonyl (C=O) groups excluding carboxylic acids is 2. The summed E-state index contributed by atoms with van der Waals surface area (Å²) in [6, 6.07) is 19.0. The van der Waals surface area contributed by atoms with Crippen LogP contribution in [0.2, 0.25) is 0 Å². The van der Waals surface area contributed by atoms with E-state index in [4.69, 9.17) is 10.5 Å². The normalized spacial score (nSPS) is 16.5. The Kier molecular flexibility index (Phi) is 8.09. The molecule has 0 saturated carbocycles. The van der Waals surface area contributed by atoms with Crippen LogP contribution in [0.3, 0.4) is 0 Å². The van der Waals surface area contributed by atoms with E-state index in [9.17, 15) is 18.0 Å². The maximum absolute atomic E-state index is 13.3. The number of morpholine rings is 1. The molecule has 2 fully saturated rings. The molecule has 0 bridgehead atoms. The molecule has 0 unspecified atom stereocenters. The number of nitrogens with one attached hydrogen (secondary N) is 1. The van der Waals surface area contributed by atoms with Crippen LogP contribution >= 0.6 is 0 Å². The van der Waals surface area contributed by atoms with E-state index in [1.54, 1.807) is 42.2 Å². The van der Waals surface area contributed by atoms with Crippen molar-refractivity contribution in [3.63, 3.8) is 0 Å². The summed E-state index contributed by atoms with van der Waals surface area (Å²) in [6.07, 6.45) is 1.70. The van der Waals surface area contributed by atoms with E-state index in [0.29, 0.717) is 67.7 Å². The highest BCUT2D eigenvalue weighted by Gasteiger charge is 2.26. The summed E-state index contributed by atoms with van der Waals surface area (Å²) in [4.78, 5) is 29.7. The zero-order valence-corrected chi connectivity index (χ0v) is 23.3. The van der Waals surface area contributed by atoms with E-state index >= 15 is 0 Å². The number of nitrogen functional groups attached to an aromatic ring is 1. The van der Waals surface area contributed by atoms with Crippen molar-refractivity contribution < 1.29 is 22.7 Å². The molecule has 210 valence electrons. The lowest BCUT2D eigenvalue weighted by atomic mass is 9.89. The number of hydrogen-bond donors (Lipinski definition) is 2. The van der Waals surface area contributed by atoms with E-state index < -0.39 is 10.0 Å². The molecule has 0 atom stereocenters. The number of sulfonamides is 1. The van der Waals surface area contributed by atoms with Gasteiger partial charge in [-0.15, -0.1) is 0 Å². The topological polar surface area (TPSA) is 122 Å². The molecule has 0 radical (unpaired) electrons. The number of ether oxygens (including phenoxy) is 1. The van der Waals surface area contributed by atoms with Crippen LogP contribution in [0.1, 0.15) is 50.6 Å². The van der Waals surface area contributed by atoms with Crippen molar-refractivity contribution in [1.82, 2.24) is 9.80 Å². The summed E-state index contributed by atoms with van der Waals surface area (Å²) >= 11 is 0. The minimum Gasteiger partial charge on any atom is -0.399 e. The third-order valence-electron chi connectivity index (χ3n) is 7.61. The molecule has 3 aromatic rings. The largest absolute Gasteiger partial charge is 0.399 e. The maximum atomic E-state index is 13.3. The van der Waals surface area contributed by atoms with Crippen LogP contribution in [0, 0.1) is 6.92 Å².